The third kappa shape index (κ3) is 3.94. The molecule has 0 aliphatic rings. The Balaban J connectivity index is 1.59. The zero-order valence-electron chi connectivity index (χ0n) is 12.7. The van der Waals surface area contributed by atoms with Gasteiger partial charge in [0, 0.05) is 30.0 Å². The summed E-state index contributed by atoms with van der Waals surface area (Å²) < 4.78 is 6.19. The van der Waals surface area contributed by atoms with E-state index >= 15 is 0 Å². The Morgan fingerprint density at radius 1 is 1.12 bits per heavy atom. The van der Waals surface area contributed by atoms with Crippen LogP contribution in [0, 0.1) is 0 Å². The van der Waals surface area contributed by atoms with E-state index in [9.17, 15) is 9.90 Å². The second-order valence-electron chi connectivity index (χ2n) is 4.93. The van der Waals surface area contributed by atoms with Crippen LogP contribution >= 0.6 is 11.8 Å². The number of anilines is 1. The molecular weight excluding hydrogens is 326 g/mol. The summed E-state index contributed by atoms with van der Waals surface area (Å²) in [6.07, 6.45) is 0.277. The molecule has 1 aromatic heterocycles. The lowest BCUT2D eigenvalue weighted by atomic mass is 10.3. The zero-order valence-corrected chi connectivity index (χ0v) is 13.5. The fraction of sp³-hybridized carbons (Fsp3) is 0.118. The maximum Gasteiger partial charge on any atom is 0.297 e. The van der Waals surface area contributed by atoms with Gasteiger partial charge in [0.05, 0.1) is 5.27 Å². The summed E-state index contributed by atoms with van der Waals surface area (Å²) in [5, 5.41) is 18.7. The van der Waals surface area contributed by atoms with Gasteiger partial charge in [-0.05, 0) is 16.8 Å². The van der Waals surface area contributed by atoms with E-state index in [0.717, 1.165) is 11.4 Å². The molecular formula is C17H15N3O3S. The third-order valence-electron chi connectivity index (χ3n) is 3.20. The van der Waals surface area contributed by atoms with Crippen molar-refractivity contribution in [3.05, 3.63) is 60.7 Å². The number of hydrogen-bond donors (Lipinski definition) is 1. The number of nitrogens with zero attached hydrogens (tertiary/aromatic N) is 2. The zero-order chi connectivity index (χ0) is 16.8. The van der Waals surface area contributed by atoms with E-state index in [0.29, 0.717) is 10.8 Å². The number of amides is 1. The molecule has 2 aromatic carbocycles. The van der Waals surface area contributed by atoms with E-state index in [2.05, 4.69) is 10.6 Å². The summed E-state index contributed by atoms with van der Waals surface area (Å²) in [6.45, 7) is 0. The summed E-state index contributed by atoms with van der Waals surface area (Å²) in [5.41, 5.74) is 1.49. The monoisotopic (exact) mass is 341 g/mol. The maximum absolute atomic E-state index is 11.9. The van der Waals surface area contributed by atoms with Crippen molar-refractivity contribution in [2.24, 2.45) is 0 Å². The number of para-hydroxylation sites is 2. The first-order chi connectivity index (χ1) is 11.7. The average Bonchev–Trinajstić information content (AvgIpc) is 2.97. The van der Waals surface area contributed by atoms with E-state index < -0.39 is 5.95 Å². The smallest absolute Gasteiger partial charge is 0.297 e. The number of carbonyl (C=O) groups excluding carboxylic acids is 1. The van der Waals surface area contributed by atoms with Gasteiger partial charge in [-0.15, -0.1) is 0 Å². The summed E-state index contributed by atoms with van der Waals surface area (Å²) in [4.78, 5) is 11.9. The first-order valence-electron chi connectivity index (χ1n) is 7.36. The van der Waals surface area contributed by atoms with E-state index in [-0.39, 0.29) is 12.3 Å². The van der Waals surface area contributed by atoms with Crippen molar-refractivity contribution in [1.29, 1.82) is 0 Å². The van der Waals surface area contributed by atoms with Crippen LogP contribution in [-0.2, 0) is 4.79 Å². The number of nitrogens with one attached hydrogen (secondary N) is 1. The van der Waals surface area contributed by atoms with Gasteiger partial charge in [-0.1, -0.05) is 48.2 Å². The van der Waals surface area contributed by atoms with E-state index in [1.807, 2.05) is 60.7 Å². The lowest BCUT2D eigenvalue weighted by Gasteiger charge is -2.04. The Morgan fingerprint density at radius 2 is 1.79 bits per heavy atom. The van der Waals surface area contributed by atoms with Crippen molar-refractivity contribution >= 4 is 23.4 Å². The molecule has 122 valence electrons. The molecule has 7 heteroatoms. The first kappa shape index (κ1) is 16.1. The van der Waals surface area contributed by atoms with Gasteiger partial charge in [0.15, 0.2) is 5.95 Å². The van der Waals surface area contributed by atoms with Crippen molar-refractivity contribution in [2.75, 3.05) is 11.1 Å². The molecule has 0 radical (unpaired) electrons. The Labute approximate surface area is 143 Å². The van der Waals surface area contributed by atoms with Crippen LogP contribution in [0.1, 0.15) is 6.42 Å². The van der Waals surface area contributed by atoms with Gasteiger partial charge >= 0.3 is 0 Å². The lowest BCUT2D eigenvalue weighted by molar-refractivity contribution is -0.705. The molecule has 0 unspecified atom stereocenters. The molecule has 6 nitrogen and oxygen atoms in total. The Bertz CT molecular complexity index is 806. The second kappa shape index (κ2) is 7.65. The minimum absolute atomic E-state index is 0.108. The summed E-state index contributed by atoms with van der Waals surface area (Å²) >= 11 is 1.25. The molecule has 3 rings (SSSR count). The highest BCUT2D eigenvalue weighted by Crippen LogP contribution is 2.23. The van der Waals surface area contributed by atoms with Gasteiger partial charge in [0.1, 0.15) is 0 Å². The number of thioether (sulfide) groups is 1. The number of hydrogen-bond acceptors (Lipinski definition) is 5. The van der Waals surface area contributed by atoms with Crippen LogP contribution in [-0.4, -0.2) is 16.9 Å². The number of aromatic nitrogens is 2. The van der Waals surface area contributed by atoms with E-state index in [4.69, 9.17) is 4.52 Å². The van der Waals surface area contributed by atoms with Gasteiger partial charge in [0.25, 0.3) is 5.03 Å². The molecule has 1 N–H and O–H groups in total. The van der Waals surface area contributed by atoms with Crippen LogP contribution < -0.4 is 15.1 Å². The van der Waals surface area contributed by atoms with Crippen LogP contribution in [0.25, 0.3) is 5.69 Å². The molecule has 0 bridgehead atoms. The largest absolute Gasteiger partial charge is 0.538 e. The van der Waals surface area contributed by atoms with Gasteiger partial charge in [-0.2, -0.15) is 0 Å². The maximum atomic E-state index is 11.9. The number of carbonyl (C=O) groups is 1. The molecule has 24 heavy (non-hydrogen) atoms. The van der Waals surface area contributed by atoms with Crippen LogP contribution in [0.3, 0.4) is 0 Å². The van der Waals surface area contributed by atoms with Crippen LogP contribution in [0.15, 0.2) is 70.2 Å². The molecule has 0 saturated carbocycles. The predicted molar refractivity (Wildman–Crippen MR) is 87.9 cm³/mol. The van der Waals surface area contributed by atoms with E-state index in [1.54, 1.807) is 0 Å². The second-order valence-corrected chi connectivity index (χ2v) is 6.01. The summed E-state index contributed by atoms with van der Waals surface area (Å²) in [5.74, 6) is -0.168. The van der Waals surface area contributed by atoms with Crippen LogP contribution in [0.4, 0.5) is 5.69 Å². The highest BCUT2D eigenvalue weighted by molar-refractivity contribution is 7.99. The molecule has 1 heterocycles. The van der Waals surface area contributed by atoms with Crippen LogP contribution in [0.5, 0.6) is 5.95 Å². The van der Waals surface area contributed by atoms with Gasteiger partial charge < -0.3 is 14.9 Å². The van der Waals surface area contributed by atoms with Crippen molar-refractivity contribution in [3.63, 3.8) is 0 Å². The summed E-state index contributed by atoms with van der Waals surface area (Å²) in [6, 6.07) is 18.5. The topological polar surface area (TPSA) is 82.1 Å². The molecule has 3 aromatic rings. The minimum Gasteiger partial charge on any atom is -0.538 e. The Morgan fingerprint density at radius 3 is 2.50 bits per heavy atom. The SMILES string of the molecule is O=C(CCSc1c([O-])on[n+]1-c1ccccc1)Nc1ccccc1. The quantitative estimate of drug-likeness (QED) is 0.549. The molecule has 1 amide bonds. The molecule has 0 spiro atoms. The standard InChI is InChI=1S/C17H15N3O3S/c21-15(18-13-7-3-1-4-8-13)11-12-24-16-17(22)23-19-20(16)14-9-5-2-6-10-14/h1-10H,11-12H2,(H-,18,19,21,22). The first-order valence-corrected chi connectivity index (χ1v) is 8.35. The Hall–Kier alpha value is -2.80. The van der Waals surface area contributed by atoms with Crippen molar-refractivity contribution in [3.8, 4) is 11.6 Å². The molecule has 0 saturated heterocycles. The molecule has 0 aliphatic heterocycles. The average molecular weight is 341 g/mol. The molecule has 0 atom stereocenters. The lowest BCUT2D eigenvalue weighted by Crippen LogP contribution is -2.34. The number of rotatable bonds is 6. The third-order valence-corrected chi connectivity index (χ3v) is 4.22. The predicted octanol–water partition coefficient (Wildman–Crippen LogP) is 2.15. The minimum atomic E-state index is -0.507. The van der Waals surface area contributed by atoms with Gasteiger partial charge in [-0.3, -0.25) is 4.79 Å². The van der Waals surface area contributed by atoms with Gasteiger partial charge in [-0.25, -0.2) is 0 Å². The molecule has 0 aliphatic carbocycles. The number of benzene rings is 2. The fourth-order valence-corrected chi connectivity index (χ4v) is 2.98. The van der Waals surface area contributed by atoms with Gasteiger partial charge in [0.2, 0.25) is 11.6 Å². The van der Waals surface area contributed by atoms with Crippen LogP contribution in [0.2, 0.25) is 0 Å². The van der Waals surface area contributed by atoms with Crippen molar-refractivity contribution in [1.82, 2.24) is 5.27 Å². The van der Waals surface area contributed by atoms with E-state index in [1.165, 1.54) is 16.4 Å². The van der Waals surface area contributed by atoms with Crippen molar-refractivity contribution < 1.29 is 19.1 Å². The fourth-order valence-electron chi connectivity index (χ4n) is 2.08. The highest BCUT2D eigenvalue weighted by Gasteiger charge is 2.20. The summed E-state index contributed by atoms with van der Waals surface area (Å²) in [7, 11) is 0. The normalized spacial score (nSPS) is 10.5. The van der Waals surface area contributed by atoms with Crippen molar-refractivity contribution in [2.45, 2.75) is 11.4 Å². The molecule has 0 fully saturated rings. The Kier molecular flexibility index (Phi) is 5.12. The highest BCUT2D eigenvalue weighted by atomic mass is 32.2.